The quantitative estimate of drug-likeness (QED) is 0.398. The molecule has 0 spiro atoms. The predicted molar refractivity (Wildman–Crippen MR) is 60.6 cm³/mol. The first kappa shape index (κ1) is 12.5. The monoisotopic (exact) mass is 179 g/mol. The summed E-state index contributed by atoms with van der Waals surface area (Å²) in [6.07, 6.45) is 16.2. The lowest BCUT2D eigenvalue weighted by Crippen LogP contribution is -1.95. The fraction of sp³-hybridized carbons (Fsp3) is 0.692. The van der Waals surface area contributed by atoms with E-state index in [0.717, 1.165) is 5.92 Å². The second-order valence-electron chi connectivity index (χ2n) is 3.50. The van der Waals surface area contributed by atoms with E-state index in [1.165, 1.54) is 32.1 Å². The zero-order valence-corrected chi connectivity index (χ0v) is 9.34. The summed E-state index contributed by atoms with van der Waals surface area (Å²) >= 11 is 0. The summed E-state index contributed by atoms with van der Waals surface area (Å²) in [5, 5.41) is 0. The van der Waals surface area contributed by atoms with Gasteiger partial charge in [0.1, 0.15) is 0 Å². The van der Waals surface area contributed by atoms with E-state index in [2.05, 4.69) is 38.2 Å². The molecule has 0 rings (SSSR count). The Labute approximate surface area is 83.7 Å². The molecule has 0 aliphatic carbocycles. The maximum absolute atomic E-state index is 3.06. The van der Waals surface area contributed by atoms with Crippen LogP contribution in [0.4, 0.5) is 0 Å². The van der Waals surface area contributed by atoms with Gasteiger partial charge in [-0.05, 0) is 45.4 Å². The van der Waals surface area contributed by atoms with Gasteiger partial charge in [-0.1, -0.05) is 37.6 Å². The molecule has 75 valence electrons. The van der Waals surface area contributed by atoms with Crippen LogP contribution in [0.5, 0.6) is 0 Å². The lowest BCUT2D eigenvalue weighted by molar-refractivity contribution is 0.518. The summed E-state index contributed by atoms with van der Waals surface area (Å²) < 4.78 is 0. The van der Waals surface area contributed by atoms with Crippen molar-refractivity contribution in [2.75, 3.05) is 0 Å². The molecule has 1 radical (unpaired) electrons. The minimum absolute atomic E-state index is 0.806. The molecule has 0 saturated heterocycles. The van der Waals surface area contributed by atoms with Gasteiger partial charge in [-0.15, -0.1) is 0 Å². The van der Waals surface area contributed by atoms with Crippen LogP contribution < -0.4 is 0 Å². The largest absolute Gasteiger partial charge is 0.0914 e. The van der Waals surface area contributed by atoms with Gasteiger partial charge in [-0.25, -0.2) is 0 Å². The Morgan fingerprint density at radius 1 is 1.31 bits per heavy atom. The van der Waals surface area contributed by atoms with Gasteiger partial charge in [0.05, 0.1) is 0 Å². The fourth-order valence-electron chi connectivity index (χ4n) is 1.61. The first-order valence-electron chi connectivity index (χ1n) is 5.46. The second kappa shape index (κ2) is 9.57. The van der Waals surface area contributed by atoms with E-state index in [1.807, 2.05) is 6.92 Å². The average Bonchev–Trinajstić information content (AvgIpc) is 2.13. The zero-order valence-electron chi connectivity index (χ0n) is 9.34. The molecule has 0 heterocycles. The third kappa shape index (κ3) is 7.83. The predicted octanol–water partition coefficient (Wildman–Crippen LogP) is 4.53. The van der Waals surface area contributed by atoms with E-state index in [9.17, 15) is 0 Å². The molecule has 1 unspecified atom stereocenters. The molecule has 0 amide bonds. The summed E-state index contributed by atoms with van der Waals surface area (Å²) in [6.45, 7) is 6.34. The van der Waals surface area contributed by atoms with Crippen LogP contribution in [0.15, 0.2) is 18.2 Å². The molecule has 0 bridgehead atoms. The normalized spacial score (nSPS) is 14.4. The van der Waals surface area contributed by atoms with Crippen molar-refractivity contribution in [2.45, 2.75) is 52.9 Å². The molecule has 0 fully saturated rings. The van der Waals surface area contributed by atoms with Crippen molar-refractivity contribution in [2.24, 2.45) is 5.92 Å². The Hall–Kier alpha value is -0.520. The van der Waals surface area contributed by atoms with Gasteiger partial charge in [0, 0.05) is 0 Å². The smallest absolute Gasteiger partial charge is 0.0234 e. The topological polar surface area (TPSA) is 0 Å². The summed E-state index contributed by atoms with van der Waals surface area (Å²) in [5.74, 6) is 0.806. The van der Waals surface area contributed by atoms with Crippen molar-refractivity contribution in [3.8, 4) is 0 Å². The van der Waals surface area contributed by atoms with E-state index in [1.54, 1.807) is 0 Å². The van der Waals surface area contributed by atoms with Crippen molar-refractivity contribution >= 4 is 0 Å². The number of hydrogen-bond donors (Lipinski definition) is 0. The van der Waals surface area contributed by atoms with Crippen LogP contribution in [0.25, 0.3) is 0 Å². The van der Waals surface area contributed by atoms with Crippen molar-refractivity contribution < 1.29 is 0 Å². The highest BCUT2D eigenvalue weighted by atomic mass is 14.1. The Morgan fingerprint density at radius 2 is 2.08 bits per heavy atom. The molecule has 0 aromatic rings. The molecule has 0 aromatic carbocycles. The zero-order chi connectivity index (χ0) is 9.94. The minimum Gasteiger partial charge on any atom is -0.0914 e. The van der Waals surface area contributed by atoms with Gasteiger partial charge in [0.2, 0.25) is 0 Å². The Kier molecular flexibility index (Phi) is 9.18. The number of allylic oxidation sites excluding steroid dienone is 4. The highest BCUT2D eigenvalue weighted by Crippen LogP contribution is 2.16. The van der Waals surface area contributed by atoms with Gasteiger partial charge < -0.3 is 0 Å². The number of hydrogen-bond acceptors (Lipinski definition) is 0. The third-order valence-corrected chi connectivity index (χ3v) is 2.25. The van der Waals surface area contributed by atoms with Crippen molar-refractivity contribution in [3.05, 3.63) is 24.3 Å². The maximum Gasteiger partial charge on any atom is -0.0234 e. The molecule has 0 N–H and O–H groups in total. The van der Waals surface area contributed by atoms with Crippen molar-refractivity contribution in [1.82, 2.24) is 0 Å². The van der Waals surface area contributed by atoms with Gasteiger partial charge in [-0.3, -0.25) is 0 Å². The Morgan fingerprint density at radius 3 is 2.62 bits per heavy atom. The van der Waals surface area contributed by atoms with Gasteiger partial charge in [-0.2, -0.15) is 0 Å². The Bertz CT molecular complexity index is 142. The van der Waals surface area contributed by atoms with Gasteiger partial charge in [0.25, 0.3) is 0 Å². The molecule has 0 saturated carbocycles. The molecule has 13 heavy (non-hydrogen) atoms. The standard InChI is InChI=1S/C13H23/c1-4-7-8-9-12-13(10-5-2)11-6-3/h5,7,10,13H,6,8-9,11-12H2,1-3H3. The first-order chi connectivity index (χ1) is 6.35. The van der Waals surface area contributed by atoms with Crippen LogP contribution in [0, 0.1) is 12.0 Å². The van der Waals surface area contributed by atoms with Gasteiger partial charge in [0.15, 0.2) is 0 Å². The molecule has 0 heteroatoms. The highest BCUT2D eigenvalue weighted by Gasteiger charge is 2.01. The molecule has 0 aliphatic rings. The SMILES string of the molecule is C[C]=CCCCC(C=CC)CCC. The summed E-state index contributed by atoms with van der Waals surface area (Å²) in [4.78, 5) is 0. The third-order valence-electron chi connectivity index (χ3n) is 2.25. The fourth-order valence-corrected chi connectivity index (χ4v) is 1.61. The van der Waals surface area contributed by atoms with Crippen LogP contribution in [-0.4, -0.2) is 0 Å². The van der Waals surface area contributed by atoms with E-state index < -0.39 is 0 Å². The van der Waals surface area contributed by atoms with E-state index in [-0.39, 0.29) is 0 Å². The molecular formula is C13H23. The number of rotatable bonds is 7. The molecule has 0 nitrogen and oxygen atoms in total. The lowest BCUT2D eigenvalue weighted by Gasteiger charge is -2.09. The minimum atomic E-state index is 0.806. The summed E-state index contributed by atoms with van der Waals surface area (Å²) in [5.41, 5.74) is 0. The lowest BCUT2D eigenvalue weighted by atomic mass is 9.96. The van der Waals surface area contributed by atoms with Crippen LogP contribution >= 0.6 is 0 Å². The van der Waals surface area contributed by atoms with Crippen LogP contribution in [-0.2, 0) is 0 Å². The van der Waals surface area contributed by atoms with Crippen LogP contribution in [0.3, 0.4) is 0 Å². The number of unbranched alkanes of at least 4 members (excludes halogenated alkanes) is 1. The van der Waals surface area contributed by atoms with Crippen molar-refractivity contribution in [1.29, 1.82) is 0 Å². The highest BCUT2D eigenvalue weighted by molar-refractivity contribution is 4.85. The average molecular weight is 179 g/mol. The second-order valence-corrected chi connectivity index (χ2v) is 3.50. The first-order valence-corrected chi connectivity index (χ1v) is 5.46. The molecule has 0 aliphatic heterocycles. The Balaban J connectivity index is 3.56. The van der Waals surface area contributed by atoms with Gasteiger partial charge >= 0.3 is 0 Å². The van der Waals surface area contributed by atoms with E-state index in [0.29, 0.717) is 0 Å². The summed E-state index contributed by atoms with van der Waals surface area (Å²) in [7, 11) is 0. The summed E-state index contributed by atoms with van der Waals surface area (Å²) in [6, 6.07) is 0. The maximum atomic E-state index is 3.06. The molecule has 1 atom stereocenters. The molecule has 0 aromatic heterocycles. The molecular weight excluding hydrogens is 156 g/mol. The van der Waals surface area contributed by atoms with E-state index in [4.69, 9.17) is 0 Å². The van der Waals surface area contributed by atoms with Crippen LogP contribution in [0.1, 0.15) is 52.9 Å². The van der Waals surface area contributed by atoms with E-state index >= 15 is 0 Å². The van der Waals surface area contributed by atoms with Crippen LogP contribution in [0.2, 0.25) is 0 Å². The van der Waals surface area contributed by atoms with Crippen molar-refractivity contribution in [3.63, 3.8) is 0 Å².